The lowest BCUT2D eigenvalue weighted by atomic mass is 10.1. The van der Waals surface area contributed by atoms with Crippen molar-refractivity contribution in [1.29, 1.82) is 0 Å². The summed E-state index contributed by atoms with van der Waals surface area (Å²) in [5, 5.41) is 10.0. The fourth-order valence-corrected chi connectivity index (χ4v) is 2.10. The van der Waals surface area contributed by atoms with Gasteiger partial charge in [-0.3, -0.25) is 4.79 Å². The predicted molar refractivity (Wildman–Crippen MR) is 82.1 cm³/mol. The van der Waals surface area contributed by atoms with Crippen LogP contribution < -0.4 is 5.32 Å². The SMILES string of the molecule is O=C(NCCc1ccc(F)cc1)c1nnc(-c2cccc(F)c2)o1. The van der Waals surface area contributed by atoms with Gasteiger partial charge in [0.05, 0.1) is 0 Å². The van der Waals surface area contributed by atoms with Gasteiger partial charge in [-0.25, -0.2) is 8.78 Å². The molecule has 1 amide bonds. The van der Waals surface area contributed by atoms with E-state index in [0.29, 0.717) is 18.5 Å². The largest absolute Gasteiger partial charge is 0.412 e. The maximum absolute atomic E-state index is 13.2. The number of carbonyl (C=O) groups excluding carboxylic acids is 1. The second-order valence-electron chi connectivity index (χ2n) is 5.06. The standard InChI is InChI=1S/C17H13F2N3O2/c18-13-6-4-11(5-7-13)8-9-20-15(23)17-22-21-16(24-17)12-2-1-3-14(19)10-12/h1-7,10H,8-9H2,(H,20,23). The summed E-state index contributed by atoms with van der Waals surface area (Å²) < 4.78 is 31.2. The zero-order valence-electron chi connectivity index (χ0n) is 12.5. The molecule has 0 saturated carbocycles. The fourth-order valence-electron chi connectivity index (χ4n) is 2.10. The third kappa shape index (κ3) is 3.81. The van der Waals surface area contributed by atoms with E-state index >= 15 is 0 Å². The summed E-state index contributed by atoms with van der Waals surface area (Å²) in [5.41, 5.74) is 1.29. The molecule has 0 aliphatic heterocycles. The second kappa shape index (κ2) is 6.99. The minimum absolute atomic E-state index is 0.0678. The molecule has 0 atom stereocenters. The zero-order valence-corrected chi connectivity index (χ0v) is 12.5. The third-order valence-corrected chi connectivity index (χ3v) is 3.30. The van der Waals surface area contributed by atoms with Crippen LogP contribution in [0.5, 0.6) is 0 Å². The van der Waals surface area contributed by atoms with Gasteiger partial charge in [0.2, 0.25) is 5.89 Å². The fraction of sp³-hybridized carbons (Fsp3) is 0.118. The van der Waals surface area contributed by atoms with E-state index in [1.54, 1.807) is 18.2 Å². The molecule has 5 nitrogen and oxygen atoms in total. The van der Waals surface area contributed by atoms with Gasteiger partial charge in [-0.1, -0.05) is 18.2 Å². The monoisotopic (exact) mass is 329 g/mol. The lowest BCUT2D eigenvalue weighted by molar-refractivity contribution is 0.0920. The van der Waals surface area contributed by atoms with Gasteiger partial charge >= 0.3 is 11.8 Å². The minimum Gasteiger partial charge on any atom is -0.412 e. The second-order valence-corrected chi connectivity index (χ2v) is 5.06. The number of amides is 1. The van der Waals surface area contributed by atoms with E-state index in [9.17, 15) is 13.6 Å². The Bertz CT molecular complexity index is 847. The first-order valence-electron chi connectivity index (χ1n) is 7.24. The smallest absolute Gasteiger partial charge is 0.308 e. The van der Waals surface area contributed by atoms with Crippen LogP contribution in [0, 0.1) is 11.6 Å². The van der Waals surface area contributed by atoms with Crippen molar-refractivity contribution in [3.63, 3.8) is 0 Å². The molecule has 3 rings (SSSR count). The topological polar surface area (TPSA) is 68.0 Å². The maximum Gasteiger partial charge on any atom is 0.308 e. The van der Waals surface area contributed by atoms with Crippen LogP contribution in [0.15, 0.2) is 52.9 Å². The van der Waals surface area contributed by atoms with Crippen LogP contribution in [0.4, 0.5) is 8.78 Å². The van der Waals surface area contributed by atoms with Crippen molar-refractivity contribution in [2.24, 2.45) is 0 Å². The number of rotatable bonds is 5. The molecule has 2 aromatic carbocycles. The number of aromatic nitrogens is 2. The zero-order chi connectivity index (χ0) is 16.9. The molecule has 0 aliphatic carbocycles. The number of hydrogen-bond donors (Lipinski definition) is 1. The highest BCUT2D eigenvalue weighted by Crippen LogP contribution is 2.18. The van der Waals surface area contributed by atoms with E-state index < -0.39 is 11.7 Å². The highest BCUT2D eigenvalue weighted by atomic mass is 19.1. The van der Waals surface area contributed by atoms with Gasteiger partial charge in [-0.15, -0.1) is 10.2 Å². The van der Waals surface area contributed by atoms with Gasteiger partial charge in [-0.05, 0) is 42.3 Å². The molecule has 24 heavy (non-hydrogen) atoms. The number of nitrogens with zero attached hydrogens (tertiary/aromatic N) is 2. The van der Waals surface area contributed by atoms with E-state index in [0.717, 1.165) is 5.56 Å². The van der Waals surface area contributed by atoms with Crippen LogP contribution in [0.2, 0.25) is 0 Å². The van der Waals surface area contributed by atoms with E-state index in [2.05, 4.69) is 15.5 Å². The number of hydrogen-bond acceptors (Lipinski definition) is 4. The predicted octanol–water partition coefficient (Wildman–Crippen LogP) is 2.99. The Morgan fingerprint density at radius 1 is 1.04 bits per heavy atom. The number of benzene rings is 2. The Morgan fingerprint density at radius 3 is 2.58 bits per heavy atom. The molecule has 1 aromatic heterocycles. The molecule has 1 heterocycles. The van der Waals surface area contributed by atoms with Gasteiger partial charge in [0, 0.05) is 12.1 Å². The normalized spacial score (nSPS) is 10.6. The van der Waals surface area contributed by atoms with Crippen molar-refractivity contribution in [2.45, 2.75) is 6.42 Å². The van der Waals surface area contributed by atoms with Gasteiger partial charge in [0.25, 0.3) is 0 Å². The van der Waals surface area contributed by atoms with Gasteiger partial charge in [0.1, 0.15) is 11.6 Å². The quantitative estimate of drug-likeness (QED) is 0.781. The Labute approximate surface area is 136 Å². The molecule has 122 valence electrons. The molecule has 7 heteroatoms. The highest BCUT2D eigenvalue weighted by Gasteiger charge is 2.15. The molecule has 0 saturated heterocycles. The van der Waals surface area contributed by atoms with E-state index in [-0.39, 0.29) is 17.6 Å². The first-order chi connectivity index (χ1) is 11.6. The van der Waals surface area contributed by atoms with Crippen molar-refractivity contribution in [2.75, 3.05) is 6.54 Å². The number of carbonyl (C=O) groups is 1. The van der Waals surface area contributed by atoms with Gasteiger partial charge in [0.15, 0.2) is 0 Å². The van der Waals surface area contributed by atoms with Crippen LogP contribution in [0.3, 0.4) is 0 Å². The molecule has 1 N–H and O–H groups in total. The van der Waals surface area contributed by atoms with E-state index in [1.165, 1.54) is 30.3 Å². The van der Waals surface area contributed by atoms with Crippen molar-refractivity contribution in [1.82, 2.24) is 15.5 Å². The van der Waals surface area contributed by atoms with Crippen molar-refractivity contribution in [3.8, 4) is 11.5 Å². The van der Waals surface area contributed by atoms with Crippen LogP contribution in [-0.2, 0) is 6.42 Å². The van der Waals surface area contributed by atoms with Crippen molar-refractivity contribution in [3.05, 3.63) is 71.6 Å². The van der Waals surface area contributed by atoms with Crippen LogP contribution in [0.1, 0.15) is 16.2 Å². The average molecular weight is 329 g/mol. The molecule has 0 unspecified atom stereocenters. The third-order valence-electron chi connectivity index (χ3n) is 3.30. The summed E-state index contributed by atoms with van der Waals surface area (Å²) in [6.07, 6.45) is 0.539. The molecular formula is C17H13F2N3O2. The van der Waals surface area contributed by atoms with Gasteiger partial charge in [-0.2, -0.15) is 0 Å². The lowest BCUT2D eigenvalue weighted by Crippen LogP contribution is -2.26. The maximum atomic E-state index is 13.2. The summed E-state index contributed by atoms with van der Waals surface area (Å²) >= 11 is 0. The minimum atomic E-state index is -0.521. The number of halogens is 2. The molecule has 0 spiro atoms. The van der Waals surface area contributed by atoms with E-state index in [4.69, 9.17) is 4.42 Å². The average Bonchev–Trinajstić information content (AvgIpc) is 3.07. The van der Waals surface area contributed by atoms with Gasteiger partial charge < -0.3 is 9.73 Å². The Balaban J connectivity index is 1.58. The molecule has 0 bridgehead atoms. The van der Waals surface area contributed by atoms with E-state index in [1.807, 2.05) is 0 Å². The van der Waals surface area contributed by atoms with Crippen molar-refractivity contribution >= 4 is 5.91 Å². The van der Waals surface area contributed by atoms with Crippen LogP contribution in [0.25, 0.3) is 11.5 Å². The molecular weight excluding hydrogens is 316 g/mol. The summed E-state index contributed by atoms with van der Waals surface area (Å²) in [7, 11) is 0. The van der Waals surface area contributed by atoms with Crippen LogP contribution in [-0.4, -0.2) is 22.6 Å². The Kier molecular flexibility index (Phi) is 4.60. The molecule has 0 fully saturated rings. The summed E-state index contributed by atoms with van der Waals surface area (Å²) in [5.74, 6) is -1.40. The number of nitrogens with one attached hydrogen (secondary N) is 1. The molecule has 0 radical (unpaired) electrons. The Morgan fingerprint density at radius 2 is 1.83 bits per heavy atom. The first kappa shape index (κ1) is 15.8. The summed E-state index contributed by atoms with van der Waals surface area (Å²) in [6.45, 7) is 0.335. The highest BCUT2D eigenvalue weighted by molar-refractivity contribution is 5.89. The summed E-state index contributed by atoms with van der Waals surface area (Å²) in [4.78, 5) is 12.0. The first-order valence-corrected chi connectivity index (χ1v) is 7.24. The Hall–Kier alpha value is -3.09. The summed E-state index contributed by atoms with van der Waals surface area (Å²) in [6, 6.07) is 11.7. The van der Waals surface area contributed by atoms with Crippen LogP contribution >= 0.6 is 0 Å². The lowest BCUT2D eigenvalue weighted by Gasteiger charge is -2.02. The van der Waals surface area contributed by atoms with Crippen molar-refractivity contribution < 1.29 is 18.0 Å². The molecule has 0 aliphatic rings. The molecule has 3 aromatic rings.